The molecule has 25 heavy (non-hydrogen) atoms. The van der Waals surface area contributed by atoms with Crippen molar-refractivity contribution in [2.75, 3.05) is 19.7 Å². The van der Waals surface area contributed by atoms with Gasteiger partial charge in [-0.1, -0.05) is 6.07 Å². The molecule has 1 saturated heterocycles. The van der Waals surface area contributed by atoms with E-state index in [1.807, 2.05) is 0 Å². The highest BCUT2D eigenvalue weighted by molar-refractivity contribution is 6.23. The van der Waals surface area contributed by atoms with Crippen LogP contribution in [0.15, 0.2) is 18.2 Å². The first-order valence-electron chi connectivity index (χ1n) is 8.01. The molecule has 1 N–H and O–H groups in total. The molecule has 2 aliphatic rings. The number of carbonyl (C=O) groups is 3. The SMILES string of the molecule is O=C(CCN1C(=O)c2cccc([N+](=O)[O-])c2C1=O)NCC1CCCO1. The van der Waals surface area contributed by atoms with Crippen molar-refractivity contribution in [3.05, 3.63) is 39.4 Å². The molecule has 2 heterocycles. The van der Waals surface area contributed by atoms with Gasteiger partial charge in [0.1, 0.15) is 5.56 Å². The van der Waals surface area contributed by atoms with Gasteiger partial charge in [0.2, 0.25) is 5.91 Å². The molecule has 9 nitrogen and oxygen atoms in total. The number of fused-ring (bicyclic) bond motifs is 1. The van der Waals surface area contributed by atoms with E-state index < -0.39 is 22.4 Å². The Bertz CT molecular complexity index is 741. The Morgan fingerprint density at radius 1 is 1.36 bits per heavy atom. The van der Waals surface area contributed by atoms with Crippen molar-refractivity contribution in [2.24, 2.45) is 0 Å². The number of carbonyl (C=O) groups excluding carboxylic acids is 3. The molecule has 1 atom stereocenters. The number of hydrogen-bond donors (Lipinski definition) is 1. The van der Waals surface area contributed by atoms with Gasteiger partial charge in [-0.2, -0.15) is 0 Å². The van der Waals surface area contributed by atoms with Gasteiger partial charge >= 0.3 is 0 Å². The van der Waals surface area contributed by atoms with Crippen LogP contribution in [-0.4, -0.2) is 53.3 Å². The number of nitro groups is 1. The van der Waals surface area contributed by atoms with Crippen molar-refractivity contribution >= 4 is 23.4 Å². The van der Waals surface area contributed by atoms with Crippen molar-refractivity contribution in [2.45, 2.75) is 25.4 Å². The van der Waals surface area contributed by atoms with Gasteiger partial charge in [-0.25, -0.2) is 0 Å². The van der Waals surface area contributed by atoms with Crippen LogP contribution in [-0.2, 0) is 9.53 Å². The van der Waals surface area contributed by atoms with Gasteiger partial charge in [-0.3, -0.25) is 29.4 Å². The molecule has 1 aromatic carbocycles. The van der Waals surface area contributed by atoms with E-state index in [0.29, 0.717) is 13.2 Å². The lowest BCUT2D eigenvalue weighted by molar-refractivity contribution is -0.385. The lowest BCUT2D eigenvalue weighted by atomic mass is 10.1. The summed E-state index contributed by atoms with van der Waals surface area (Å²) in [6.45, 7) is 0.960. The average molecular weight is 347 g/mol. The quantitative estimate of drug-likeness (QED) is 0.463. The molecule has 9 heteroatoms. The molecule has 0 saturated carbocycles. The van der Waals surface area contributed by atoms with Crippen LogP contribution in [0.5, 0.6) is 0 Å². The summed E-state index contributed by atoms with van der Waals surface area (Å²) in [6.07, 6.45) is 1.80. The Kier molecular flexibility index (Phi) is 4.75. The zero-order valence-electron chi connectivity index (χ0n) is 13.4. The Morgan fingerprint density at radius 3 is 2.84 bits per heavy atom. The Balaban J connectivity index is 1.61. The Labute approximate surface area is 143 Å². The van der Waals surface area contributed by atoms with Crippen LogP contribution in [0.4, 0.5) is 5.69 Å². The highest BCUT2D eigenvalue weighted by Gasteiger charge is 2.40. The van der Waals surface area contributed by atoms with Crippen LogP contribution < -0.4 is 5.32 Å². The summed E-state index contributed by atoms with van der Waals surface area (Å²) >= 11 is 0. The Hall–Kier alpha value is -2.81. The molecular weight excluding hydrogens is 330 g/mol. The number of nitrogens with one attached hydrogen (secondary N) is 1. The van der Waals surface area contributed by atoms with E-state index in [1.54, 1.807) is 0 Å². The van der Waals surface area contributed by atoms with E-state index in [-0.39, 0.29) is 36.1 Å². The fraction of sp³-hybridized carbons (Fsp3) is 0.438. The zero-order chi connectivity index (χ0) is 18.0. The number of imide groups is 1. The highest BCUT2D eigenvalue weighted by Crippen LogP contribution is 2.30. The number of nitro benzene ring substituents is 1. The summed E-state index contributed by atoms with van der Waals surface area (Å²) in [7, 11) is 0. The van der Waals surface area contributed by atoms with Crippen molar-refractivity contribution in [3.63, 3.8) is 0 Å². The minimum Gasteiger partial charge on any atom is -0.376 e. The maximum atomic E-state index is 12.4. The topological polar surface area (TPSA) is 119 Å². The first kappa shape index (κ1) is 17.0. The first-order valence-corrected chi connectivity index (χ1v) is 8.01. The van der Waals surface area contributed by atoms with E-state index in [9.17, 15) is 24.5 Å². The standard InChI is InChI=1S/C16H17N3O6/c20-13(17-9-10-3-2-8-25-10)6-7-18-15(21)11-4-1-5-12(19(23)24)14(11)16(18)22/h1,4-5,10H,2-3,6-9H2,(H,17,20). The number of benzene rings is 1. The van der Waals surface area contributed by atoms with Crippen LogP contribution in [0.2, 0.25) is 0 Å². The summed E-state index contributed by atoms with van der Waals surface area (Å²) in [6, 6.07) is 3.92. The smallest absolute Gasteiger partial charge is 0.282 e. The second-order valence-electron chi connectivity index (χ2n) is 5.91. The highest BCUT2D eigenvalue weighted by atomic mass is 16.6. The Morgan fingerprint density at radius 2 is 2.16 bits per heavy atom. The first-order chi connectivity index (χ1) is 12.0. The van der Waals surface area contributed by atoms with Gasteiger partial charge in [0.05, 0.1) is 16.6 Å². The third-order valence-corrected chi connectivity index (χ3v) is 4.29. The summed E-state index contributed by atoms with van der Waals surface area (Å²) in [5, 5.41) is 13.8. The summed E-state index contributed by atoms with van der Waals surface area (Å²) in [5.74, 6) is -1.66. The summed E-state index contributed by atoms with van der Waals surface area (Å²) in [5.41, 5.74) is -0.614. The molecule has 0 spiro atoms. The predicted octanol–water partition coefficient (Wildman–Crippen LogP) is 0.876. The van der Waals surface area contributed by atoms with E-state index in [0.717, 1.165) is 17.7 Å². The fourth-order valence-corrected chi connectivity index (χ4v) is 3.01. The van der Waals surface area contributed by atoms with Crippen LogP contribution in [0.3, 0.4) is 0 Å². The molecule has 3 rings (SSSR count). The molecule has 1 aromatic rings. The zero-order valence-corrected chi connectivity index (χ0v) is 13.4. The van der Waals surface area contributed by atoms with Crippen LogP contribution in [0, 0.1) is 10.1 Å². The molecule has 2 aliphatic heterocycles. The maximum absolute atomic E-state index is 12.4. The monoisotopic (exact) mass is 347 g/mol. The molecule has 1 unspecified atom stereocenters. The van der Waals surface area contributed by atoms with E-state index >= 15 is 0 Å². The summed E-state index contributed by atoms with van der Waals surface area (Å²) < 4.78 is 5.40. The molecule has 0 radical (unpaired) electrons. The van der Waals surface area contributed by atoms with E-state index in [4.69, 9.17) is 4.74 Å². The average Bonchev–Trinajstić information content (AvgIpc) is 3.19. The lowest BCUT2D eigenvalue weighted by Crippen LogP contribution is -2.36. The molecule has 3 amide bonds. The number of rotatable bonds is 6. The largest absolute Gasteiger partial charge is 0.376 e. The van der Waals surface area contributed by atoms with Gasteiger partial charge in [0.25, 0.3) is 17.5 Å². The predicted molar refractivity (Wildman–Crippen MR) is 85.1 cm³/mol. The molecule has 1 fully saturated rings. The van der Waals surface area contributed by atoms with Crippen molar-refractivity contribution in [1.82, 2.24) is 10.2 Å². The maximum Gasteiger partial charge on any atom is 0.282 e. The second kappa shape index (κ2) is 6.98. The lowest BCUT2D eigenvalue weighted by Gasteiger charge is -2.14. The van der Waals surface area contributed by atoms with Crippen LogP contribution >= 0.6 is 0 Å². The van der Waals surface area contributed by atoms with Crippen LogP contribution in [0.25, 0.3) is 0 Å². The van der Waals surface area contributed by atoms with E-state index in [1.165, 1.54) is 18.2 Å². The number of amides is 3. The number of hydrogen-bond acceptors (Lipinski definition) is 6. The third-order valence-electron chi connectivity index (χ3n) is 4.29. The van der Waals surface area contributed by atoms with Crippen molar-refractivity contribution < 1.29 is 24.0 Å². The number of ether oxygens (including phenoxy) is 1. The number of nitrogens with zero attached hydrogens (tertiary/aromatic N) is 2. The van der Waals surface area contributed by atoms with Gasteiger partial charge in [-0.05, 0) is 18.9 Å². The second-order valence-corrected chi connectivity index (χ2v) is 5.91. The van der Waals surface area contributed by atoms with Gasteiger partial charge in [-0.15, -0.1) is 0 Å². The van der Waals surface area contributed by atoms with E-state index in [2.05, 4.69) is 5.32 Å². The van der Waals surface area contributed by atoms with Crippen molar-refractivity contribution in [3.8, 4) is 0 Å². The minimum atomic E-state index is -0.737. The van der Waals surface area contributed by atoms with Gasteiger partial charge in [0, 0.05) is 32.2 Å². The molecule has 0 aliphatic carbocycles. The van der Waals surface area contributed by atoms with Gasteiger partial charge in [0.15, 0.2) is 0 Å². The molecule has 0 aromatic heterocycles. The normalized spacial score (nSPS) is 19.2. The molecule has 0 bridgehead atoms. The fourth-order valence-electron chi connectivity index (χ4n) is 3.01. The third kappa shape index (κ3) is 3.36. The van der Waals surface area contributed by atoms with Gasteiger partial charge < -0.3 is 10.1 Å². The minimum absolute atomic E-state index is 0.000959. The molecule has 132 valence electrons. The molecular formula is C16H17N3O6. The van der Waals surface area contributed by atoms with Crippen molar-refractivity contribution in [1.29, 1.82) is 0 Å². The van der Waals surface area contributed by atoms with Crippen LogP contribution in [0.1, 0.15) is 40.0 Å². The summed E-state index contributed by atoms with van der Waals surface area (Å²) in [4.78, 5) is 47.8.